The van der Waals surface area contributed by atoms with Gasteiger partial charge in [-0.25, -0.2) is 0 Å². The zero-order valence-corrected chi connectivity index (χ0v) is 11.7. The molecule has 3 unspecified atom stereocenters. The number of hydrogen-bond acceptors (Lipinski definition) is 7. The summed E-state index contributed by atoms with van der Waals surface area (Å²) in [5.41, 5.74) is 5.94. The highest BCUT2D eigenvalue weighted by Gasteiger charge is 2.41. The molecule has 1 fully saturated rings. The van der Waals surface area contributed by atoms with Gasteiger partial charge in [0.05, 0.1) is 12.1 Å². The smallest absolute Gasteiger partial charge is 0.372 e. The van der Waals surface area contributed by atoms with Gasteiger partial charge in [0.2, 0.25) is 5.82 Å². The topological polar surface area (TPSA) is 108 Å². The second kappa shape index (κ2) is 5.00. The van der Waals surface area contributed by atoms with Crippen molar-refractivity contribution in [3.8, 4) is 0 Å². The van der Waals surface area contributed by atoms with Crippen LogP contribution in [0.4, 0.5) is 11.6 Å². The average molecular weight is 297 g/mol. The number of thiazole rings is 1. The minimum Gasteiger partial charge on any atom is -0.376 e. The lowest BCUT2D eigenvalue weighted by Crippen LogP contribution is -2.60. The average Bonchev–Trinajstić information content (AvgIpc) is 2.95. The Morgan fingerprint density at radius 2 is 2.55 bits per heavy atom. The molecule has 0 spiro atoms. The van der Waals surface area contributed by atoms with Crippen LogP contribution in [0.1, 0.15) is 13.3 Å². The summed E-state index contributed by atoms with van der Waals surface area (Å²) in [5.74, 6) is 0.197. The van der Waals surface area contributed by atoms with Crippen LogP contribution in [0.5, 0.6) is 0 Å². The minimum atomic E-state index is -0.436. The van der Waals surface area contributed by atoms with Crippen LogP contribution in [-0.4, -0.2) is 39.1 Å². The van der Waals surface area contributed by atoms with Gasteiger partial charge in [-0.1, -0.05) is 11.3 Å². The first kappa shape index (κ1) is 13.3. The molecule has 108 valence electrons. The van der Waals surface area contributed by atoms with E-state index in [-0.39, 0.29) is 29.8 Å². The van der Waals surface area contributed by atoms with E-state index in [1.165, 1.54) is 15.7 Å². The Balaban J connectivity index is 1.88. The van der Waals surface area contributed by atoms with Crippen LogP contribution in [0.15, 0.2) is 11.6 Å². The monoisotopic (exact) mass is 297 g/mol. The molecular formula is C11H15N5O3S. The van der Waals surface area contributed by atoms with Crippen LogP contribution < -0.4 is 11.1 Å². The van der Waals surface area contributed by atoms with E-state index < -0.39 is 4.92 Å². The summed E-state index contributed by atoms with van der Waals surface area (Å²) in [6, 6.07) is -0.218. The quantitative estimate of drug-likeness (QED) is 0.634. The predicted molar refractivity (Wildman–Crippen MR) is 75.1 cm³/mol. The van der Waals surface area contributed by atoms with E-state index >= 15 is 0 Å². The van der Waals surface area contributed by atoms with Gasteiger partial charge in [0.15, 0.2) is 0 Å². The molecule has 1 saturated carbocycles. The molecule has 0 amide bonds. The number of nitrogens with two attached hydrogens (primary N) is 1. The molecule has 8 nitrogen and oxygen atoms in total. The molecule has 0 saturated heterocycles. The largest absolute Gasteiger partial charge is 0.376 e. The van der Waals surface area contributed by atoms with Gasteiger partial charge in [0.25, 0.3) is 4.96 Å². The number of nitrogens with one attached hydrogen (secondary N) is 1. The van der Waals surface area contributed by atoms with Gasteiger partial charge in [-0.05, 0) is 18.3 Å². The van der Waals surface area contributed by atoms with Crippen molar-refractivity contribution in [1.82, 2.24) is 9.38 Å². The molecular weight excluding hydrogens is 282 g/mol. The van der Waals surface area contributed by atoms with Gasteiger partial charge >= 0.3 is 5.82 Å². The summed E-state index contributed by atoms with van der Waals surface area (Å²) < 4.78 is 7.01. The van der Waals surface area contributed by atoms with E-state index in [0.717, 1.165) is 6.42 Å². The zero-order valence-electron chi connectivity index (χ0n) is 10.9. The van der Waals surface area contributed by atoms with Crippen LogP contribution in [0.2, 0.25) is 0 Å². The molecule has 0 bridgehead atoms. The molecule has 3 atom stereocenters. The second-order valence-corrected chi connectivity index (χ2v) is 5.53. The van der Waals surface area contributed by atoms with Gasteiger partial charge in [0.1, 0.15) is 6.20 Å². The van der Waals surface area contributed by atoms with Crippen LogP contribution in [0.3, 0.4) is 0 Å². The van der Waals surface area contributed by atoms with Crippen molar-refractivity contribution in [2.24, 2.45) is 5.73 Å². The van der Waals surface area contributed by atoms with Crippen LogP contribution >= 0.6 is 11.3 Å². The van der Waals surface area contributed by atoms with Crippen LogP contribution in [0.25, 0.3) is 4.96 Å². The van der Waals surface area contributed by atoms with Crippen molar-refractivity contribution in [3.05, 3.63) is 21.7 Å². The Morgan fingerprint density at radius 3 is 3.20 bits per heavy atom. The number of nitro groups is 1. The third kappa shape index (κ3) is 2.03. The first-order valence-electron chi connectivity index (χ1n) is 6.35. The number of nitrogens with zero attached hydrogens (tertiary/aromatic N) is 3. The number of ether oxygens (including phenoxy) is 1. The maximum Gasteiger partial charge on any atom is 0.372 e. The summed E-state index contributed by atoms with van der Waals surface area (Å²) in [6.07, 6.45) is 2.37. The molecule has 3 rings (SSSR count). The third-order valence-corrected chi connectivity index (χ3v) is 4.22. The Labute approximate surface area is 118 Å². The highest BCUT2D eigenvalue weighted by atomic mass is 32.1. The van der Waals surface area contributed by atoms with E-state index in [1.54, 1.807) is 11.6 Å². The molecule has 1 aliphatic carbocycles. The molecule has 1 aliphatic rings. The summed E-state index contributed by atoms with van der Waals surface area (Å²) in [4.78, 5) is 15.6. The summed E-state index contributed by atoms with van der Waals surface area (Å²) >= 11 is 1.35. The van der Waals surface area contributed by atoms with Crippen LogP contribution in [0, 0.1) is 10.1 Å². The van der Waals surface area contributed by atoms with Gasteiger partial charge in [-0.15, -0.1) is 0 Å². The van der Waals surface area contributed by atoms with Gasteiger partial charge in [-0.2, -0.15) is 9.38 Å². The molecule has 0 aromatic carbocycles. The Hall–Kier alpha value is -1.71. The number of rotatable bonds is 5. The summed E-state index contributed by atoms with van der Waals surface area (Å²) in [6.45, 7) is 2.51. The van der Waals surface area contributed by atoms with Crippen molar-refractivity contribution in [2.45, 2.75) is 31.5 Å². The molecule has 2 aromatic rings. The molecule has 2 heterocycles. The van der Waals surface area contributed by atoms with Gasteiger partial charge in [-0.3, -0.25) is 0 Å². The van der Waals surface area contributed by atoms with E-state index in [2.05, 4.69) is 10.3 Å². The SMILES string of the molecule is CCOC1CC(N)C1Nc1nc2sccn2c1[N+](=O)[O-]. The predicted octanol–water partition coefficient (Wildman–Crippen LogP) is 1.22. The van der Waals surface area contributed by atoms with E-state index in [0.29, 0.717) is 11.6 Å². The lowest BCUT2D eigenvalue weighted by atomic mass is 9.83. The van der Waals surface area contributed by atoms with Gasteiger partial charge < -0.3 is 25.9 Å². The number of anilines is 1. The van der Waals surface area contributed by atoms with Gasteiger partial charge in [0, 0.05) is 18.0 Å². The lowest BCUT2D eigenvalue weighted by molar-refractivity contribution is -0.389. The molecule has 0 radical (unpaired) electrons. The number of aromatic nitrogens is 2. The third-order valence-electron chi connectivity index (χ3n) is 3.46. The summed E-state index contributed by atoms with van der Waals surface area (Å²) in [5, 5.41) is 16.1. The first-order chi connectivity index (χ1) is 9.61. The van der Waals surface area contributed by atoms with Crippen LogP contribution in [-0.2, 0) is 4.74 Å². The number of hydrogen-bond donors (Lipinski definition) is 2. The zero-order chi connectivity index (χ0) is 14.3. The Morgan fingerprint density at radius 1 is 1.75 bits per heavy atom. The van der Waals surface area contributed by atoms with Crippen molar-refractivity contribution in [2.75, 3.05) is 11.9 Å². The lowest BCUT2D eigenvalue weighted by Gasteiger charge is -2.42. The van der Waals surface area contributed by atoms with E-state index in [4.69, 9.17) is 10.5 Å². The number of fused-ring (bicyclic) bond motifs is 1. The Kier molecular flexibility index (Phi) is 3.32. The summed E-state index contributed by atoms with van der Waals surface area (Å²) in [7, 11) is 0. The maximum atomic E-state index is 11.2. The van der Waals surface area contributed by atoms with Crippen molar-refractivity contribution in [1.29, 1.82) is 0 Å². The maximum absolute atomic E-state index is 11.2. The molecule has 20 heavy (non-hydrogen) atoms. The molecule has 3 N–H and O–H groups in total. The molecule has 2 aromatic heterocycles. The minimum absolute atomic E-state index is 0.0191. The fourth-order valence-corrected chi connectivity index (χ4v) is 3.14. The fraction of sp³-hybridized carbons (Fsp3) is 0.545. The highest BCUT2D eigenvalue weighted by Crippen LogP contribution is 2.32. The Bertz CT molecular complexity index is 637. The van der Waals surface area contributed by atoms with Crippen molar-refractivity contribution < 1.29 is 9.66 Å². The van der Waals surface area contributed by atoms with Crippen molar-refractivity contribution >= 4 is 27.9 Å². The van der Waals surface area contributed by atoms with E-state index in [9.17, 15) is 10.1 Å². The first-order valence-corrected chi connectivity index (χ1v) is 7.23. The normalized spacial score (nSPS) is 25.6. The number of imidazole rings is 1. The van der Waals surface area contributed by atoms with E-state index in [1.807, 2.05) is 6.92 Å². The second-order valence-electron chi connectivity index (χ2n) is 4.66. The molecule has 0 aliphatic heterocycles. The van der Waals surface area contributed by atoms with Crippen molar-refractivity contribution in [3.63, 3.8) is 0 Å². The fourth-order valence-electron chi connectivity index (χ4n) is 2.43. The standard InChI is InChI=1S/C11H15N5O3S/c1-2-19-7-5-6(12)8(7)13-9-10(16(17)18)15-3-4-20-11(15)14-9/h3-4,6-8,13H,2,5,12H2,1H3. The molecule has 9 heteroatoms. The highest BCUT2D eigenvalue weighted by molar-refractivity contribution is 7.15.